The molecule has 0 N–H and O–H groups in total. The lowest BCUT2D eigenvalue weighted by molar-refractivity contribution is 0.0374. The maximum Gasteiger partial charge on any atom is 0.231 e. The molecular formula is C15H21NO4. The number of fused-ring (bicyclic) bond motifs is 1. The van der Waals surface area contributed by atoms with Crippen molar-refractivity contribution in [2.24, 2.45) is 0 Å². The molecule has 0 atom stereocenters. The van der Waals surface area contributed by atoms with Crippen LogP contribution < -0.4 is 14.2 Å². The van der Waals surface area contributed by atoms with Gasteiger partial charge in [0.2, 0.25) is 6.79 Å². The molecule has 0 spiro atoms. The summed E-state index contributed by atoms with van der Waals surface area (Å²) < 4.78 is 21.6. The Morgan fingerprint density at radius 2 is 1.90 bits per heavy atom. The fraction of sp³-hybridized carbons (Fsp3) is 0.600. The number of rotatable bonds is 5. The maximum atomic E-state index is 5.44. The molecule has 0 radical (unpaired) electrons. The van der Waals surface area contributed by atoms with Gasteiger partial charge in [-0.2, -0.15) is 0 Å². The zero-order valence-electron chi connectivity index (χ0n) is 11.9. The third kappa shape index (κ3) is 2.99. The standard InChI is InChI=1S/C15H21NO4/c1-17-13-10-15-14(19-11-20-15)9-12(13)3-2-4-16-5-7-18-8-6-16/h9-10H,2-8,11H2,1H3. The van der Waals surface area contributed by atoms with Gasteiger partial charge in [0.05, 0.1) is 20.3 Å². The van der Waals surface area contributed by atoms with Crippen LogP contribution in [0.3, 0.4) is 0 Å². The zero-order chi connectivity index (χ0) is 13.8. The lowest BCUT2D eigenvalue weighted by Gasteiger charge is -2.26. The van der Waals surface area contributed by atoms with Crippen molar-refractivity contribution in [1.82, 2.24) is 4.90 Å². The van der Waals surface area contributed by atoms with Crippen molar-refractivity contribution in [3.05, 3.63) is 17.7 Å². The van der Waals surface area contributed by atoms with E-state index in [0.29, 0.717) is 6.79 Å². The number of ether oxygens (including phenoxy) is 4. The molecule has 5 heteroatoms. The number of benzene rings is 1. The van der Waals surface area contributed by atoms with Gasteiger partial charge in [-0.15, -0.1) is 0 Å². The van der Waals surface area contributed by atoms with Crippen molar-refractivity contribution in [3.8, 4) is 17.2 Å². The van der Waals surface area contributed by atoms with Gasteiger partial charge in [-0.3, -0.25) is 4.90 Å². The Bertz CT molecular complexity index is 457. The Morgan fingerprint density at radius 3 is 2.65 bits per heavy atom. The number of methoxy groups -OCH3 is 1. The molecule has 5 nitrogen and oxygen atoms in total. The number of hydrogen-bond donors (Lipinski definition) is 0. The van der Waals surface area contributed by atoms with Gasteiger partial charge in [0.25, 0.3) is 0 Å². The van der Waals surface area contributed by atoms with Crippen LogP contribution in [0, 0.1) is 0 Å². The lowest BCUT2D eigenvalue weighted by Crippen LogP contribution is -2.36. The smallest absolute Gasteiger partial charge is 0.231 e. The van der Waals surface area contributed by atoms with E-state index in [1.54, 1.807) is 7.11 Å². The molecule has 3 rings (SSSR count). The molecule has 1 aromatic carbocycles. The Morgan fingerprint density at radius 1 is 1.15 bits per heavy atom. The predicted molar refractivity (Wildman–Crippen MR) is 74.7 cm³/mol. The van der Waals surface area contributed by atoms with Gasteiger partial charge in [0, 0.05) is 19.2 Å². The van der Waals surface area contributed by atoms with Gasteiger partial charge in [-0.25, -0.2) is 0 Å². The molecule has 1 saturated heterocycles. The molecule has 20 heavy (non-hydrogen) atoms. The molecule has 110 valence electrons. The Balaban J connectivity index is 1.58. The Hall–Kier alpha value is -1.46. The van der Waals surface area contributed by atoms with Crippen LogP contribution in [-0.4, -0.2) is 51.7 Å². The molecule has 2 aliphatic rings. The minimum Gasteiger partial charge on any atom is -0.496 e. The van der Waals surface area contributed by atoms with Crippen molar-refractivity contribution >= 4 is 0 Å². The maximum absolute atomic E-state index is 5.44. The van der Waals surface area contributed by atoms with Gasteiger partial charge in [-0.1, -0.05) is 0 Å². The summed E-state index contributed by atoms with van der Waals surface area (Å²) in [5.41, 5.74) is 1.19. The van der Waals surface area contributed by atoms with Crippen LogP contribution in [0.15, 0.2) is 12.1 Å². The van der Waals surface area contributed by atoms with Crippen LogP contribution >= 0.6 is 0 Å². The summed E-state index contributed by atoms with van der Waals surface area (Å²) in [6.07, 6.45) is 2.09. The van der Waals surface area contributed by atoms with E-state index in [2.05, 4.69) is 4.90 Å². The van der Waals surface area contributed by atoms with E-state index in [9.17, 15) is 0 Å². The second-order valence-corrected chi connectivity index (χ2v) is 5.07. The summed E-state index contributed by atoms with van der Waals surface area (Å²) in [5, 5.41) is 0. The van der Waals surface area contributed by atoms with Crippen molar-refractivity contribution in [1.29, 1.82) is 0 Å². The highest BCUT2D eigenvalue weighted by Gasteiger charge is 2.18. The van der Waals surface area contributed by atoms with Crippen molar-refractivity contribution < 1.29 is 18.9 Å². The van der Waals surface area contributed by atoms with Gasteiger partial charge >= 0.3 is 0 Å². The molecule has 0 aromatic heterocycles. The van der Waals surface area contributed by atoms with Gasteiger partial charge in [0.15, 0.2) is 11.5 Å². The molecule has 0 bridgehead atoms. The molecule has 0 saturated carbocycles. The fourth-order valence-corrected chi connectivity index (χ4v) is 2.67. The topological polar surface area (TPSA) is 40.2 Å². The first-order valence-corrected chi connectivity index (χ1v) is 7.13. The van der Waals surface area contributed by atoms with E-state index >= 15 is 0 Å². The average molecular weight is 279 g/mol. The highest BCUT2D eigenvalue weighted by Crippen LogP contribution is 2.38. The second kappa shape index (κ2) is 6.33. The molecule has 0 unspecified atom stereocenters. The molecule has 0 aliphatic carbocycles. The summed E-state index contributed by atoms with van der Waals surface area (Å²) in [6.45, 7) is 5.19. The van der Waals surface area contributed by atoms with Crippen LogP contribution in [0.2, 0.25) is 0 Å². The summed E-state index contributed by atoms with van der Waals surface area (Å²) >= 11 is 0. The molecule has 0 amide bonds. The summed E-state index contributed by atoms with van der Waals surface area (Å²) in [7, 11) is 1.70. The van der Waals surface area contributed by atoms with Gasteiger partial charge in [0.1, 0.15) is 5.75 Å². The van der Waals surface area contributed by atoms with Crippen LogP contribution in [0.25, 0.3) is 0 Å². The van der Waals surface area contributed by atoms with Crippen LogP contribution in [0.5, 0.6) is 17.2 Å². The van der Waals surface area contributed by atoms with Gasteiger partial charge < -0.3 is 18.9 Å². The molecule has 1 aromatic rings. The van der Waals surface area contributed by atoms with Crippen LogP contribution in [0.1, 0.15) is 12.0 Å². The van der Waals surface area contributed by atoms with Crippen LogP contribution in [0.4, 0.5) is 0 Å². The first-order valence-electron chi connectivity index (χ1n) is 7.13. The number of aryl methyl sites for hydroxylation is 1. The molecular weight excluding hydrogens is 258 g/mol. The fourth-order valence-electron chi connectivity index (χ4n) is 2.67. The monoisotopic (exact) mass is 279 g/mol. The summed E-state index contributed by atoms with van der Waals surface area (Å²) in [5.74, 6) is 2.49. The number of hydrogen-bond acceptors (Lipinski definition) is 5. The Labute approximate surface area is 119 Å². The van der Waals surface area contributed by atoms with Crippen molar-refractivity contribution in [2.75, 3.05) is 46.8 Å². The highest BCUT2D eigenvalue weighted by atomic mass is 16.7. The molecule has 2 heterocycles. The van der Waals surface area contributed by atoms with E-state index in [1.165, 1.54) is 5.56 Å². The van der Waals surface area contributed by atoms with Crippen LogP contribution in [-0.2, 0) is 11.2 Å². The highest BCUT2D eigenvalue weighted by molar-refractivity contribution is 5.51. The SMILES string of the molecule is COc1cc2c(cc1CCCN1CCOCC1)OCO2. The average Bonchev–Trinajstić information content (AvgIpc) is 2.94. The third-order valence-electron chi connectivity index (χ3n) is 3.80. The third-order valence-corrected chi connectivity index (χ3v) is 3.80. The summed E-state index contributed by atoms with van der Waals surface area (Å²) in [4.78, 5) is 2.45. The normalized spacial score (nSPS) is 18.2. The lowest BCUT2D eigenvalue weighted by atomic mass is 10.1. The van der Waals surface area contributed by atoms with E-state index in [-0.39, 0.29) is 0 Å². The second-order valence-electron chi connectivity index (χ2n) is 5.07. The minimum atomic E-state index is 0.301. The van der Waals surface area contributed by atoms with E-state index < -0.39 is 0 Å². The number of nitrogens with zero attached hydrogens (tertiary/aromatic N) is 1. The largest absolute Gasteiger partial charge is 0.496 e. The van der Waals surface area contributed by atoms with Gasteiger partial charge in [-0.05, 0) is 31.0 Å². The number of morpholine rings is 1. The zero-order valence-corrected chi connectivity index (χ0v) is 11.9. The molecule has 2 aliphatic heterocycles. The predicted octanol–water partition coefficient (Wildman–Crippen LogP) is 1.69. The first-order chi connectivity index (χ1) is 9.86. The van der Waals surface area contributed by atoms with E-state index in [0.717, 1.165) is 62.9 Å². The van der Waals surface area contributed by atoms with E-state index in [4.69, 9.17) is 18.9 Å². The minimum absolute atomic E-state index is 0.301. The summed E-state index contributed by atoms with van der Waals surface area (Å²) in [6, 6.07) is 3.97. The quantitative estimate of drug-likeness (QED) is 0.820. The first kappa shape index (κ1) is 13.5. The van der Waals surface area contributed by atoms with E-state index in [1.807, 2.05) is 12.1 Å². The van der Waals surface area contributed by atoms with Crippen molar-refractivity contribution in [3.63, 3.8) is 0 Å². The van der Waals surface area contributed by atoms with Crippen molar-refractivity contribution in [2.45, 2.75) is 12.8 Å². The molecule has 1 fully saturated rings. The Kier molecular flexibility index (Phi) is 4.28.